The highest BCUT2D eigenvalue weighted by Gasteiger charge is 2.26. The lowest BCUT2D eigenvalue weighted by Gasteiger charge is -2.19. The number of carboxylic acid groups (broad SMARTS) is 2. The van der Waals surface area contributed by atoms with Crippen molar-refractivity contribution < 1.29 is 45.1 Å². The van der Waals surface area contributed by atoms with Gasteiger partial charge in [0.2, 0.25) is 11.8 Å². The number of carbonyl (C=O) groups excluding carboxylic acids is 2. The summed E-state index contributed by atoms with van der Waals surface area (Å²) in [5, 5.41) is 34.8. The number of hydrogen-bond donors (Lipinski definition) is 8. The zero-order valence-electron chi connectivity index (χ0n) is 29.6. The molecule has 0 aliphatic carbocycles. The van der Waals surface area contributed by atoms with Crippen LogP contribution in [0.3, 0.4) is 0 Å². The van der Waals surface area contributed by atoms with Crippen molar-refractivity contribution >= 4 is 47.3 Å². The Bertz CT molecular complexity index is 1510. The van der Waals surface area contributed by atoms with E-state index in [1.807, 2.05) is 60.7 Å². The van der Waals surface area contributed by atoms with E-state index in [1.165, 1.54) is 11.1 Å². The Hall–Kier alpha value is -4.74. The van der Waals surface area contributed by atoms with Crippen molar-refractivity contribution in [2.45, 2.75) is 48.6 Å². The second kappa shape index (κ2) is 25.3. The van der Waals surface area contributed by atoms with Crippen LogP contribution in [0.15, 0.2) is 121 Å². The van der Waals surface area contributed by atoms with Crippen molar-refractivity contribution in [3.05, 3.63) is 144 Å². The molecule has 15 heteroatoms. The van der Waals surface area contributed by atoms with E-state index in [1.54, 1.807) is 98.0 Å². The molecule has 0 radical (unpaired) electrons. The maximum atomic E-state index is 10.9. The maximum absolute atomic E-state index is 10.9. The summed E-state index contributed by atoms with van der Waals surface area (Å²) in [4.78, 5) is 42.4. The molecule has 0 spiro atoms. The normalized spacial score (nSPS) is 13.4. The second-order valence-corrected chi connectivity index (χ2v) is 13.8. The molecule has 0 aliphatic rings. The van der Waals surface area contributed by atoms with E-state index in [9.17, 15) is 19.2 Å². The Labute approximate surface area is 318 Å². The Morgan fingerprint density at radius 3 is 1.02 bits per heavy atom. The first-order valence-electron chi connectivity index (χ1n) is 15.8. The van der Waals surface area contributed by atoms with Crippen molar-refractivity contribution in [2.24, 2.45) is 22.9 Å². The van der Waals surface area contributed by atoms with E-state index in [2.05, 4.69) is 0 Å². The fourth-order valence-electron chi connectivity index (χ4n) is 3.61. The molecule has 4 rings (SSSR count). The van der Waals surface area contributed by atoms with E-state index in [-0.39, 0.29) is 5.48 Å². The molecule has 0 heterocycles. The predicted molar refractivity (Wildman–Crippen MR) is 210 cm³/mol. The smallest absolute Gasteiger partial charge is 0.337 e. The molecule has 0 unspecified atom stereocenters. The summed E-state index contributed by atoms with van der Waals surface area (Å²) >= 11 is 3.23. The molecule has 4 atom stereocenters. The number of rotatable bonds is 14. The molecule has 4 aromatic rings. The number of amides is 2. The van der Waals surface area contributed by atoms with Gasteiger partial charge in [-0.25, -0.2) is 9.59 Å². The third-order valence-corrected chi connectivity index (χ3v) is 9.53. The van der Waals surface area contributed by atoms with Crippen molar-refractivity contribution in [2.75, 3.05) is 11.5 Å². The summed E-state index contributed by atoms with van der Waals surface area (Å²) in [5.74, 6) is -0.588. The van der Waals surface area contributed by atoms with Crippen LogP contribution >= 0.6 is 23.5 Å². The number of aliphatic hydroxyl groups is 2. The number of nitrogens with two attached hydrogens (primary N) is 4. The molecule has 0 aliphatic heterocycles. The topological polar surface area (TPSA) is 285 Å². The van der Waals surface area contributed by atoms with E-state index < -0.39 is 47.0 Å². The molecular weight excluding hydrogens is 721 g/mol. The van der Waals surface area contributed by atoms with Crippen LogP contribution in [0.5, 0.6) is 0 Å². The molecule has 0 bridgehead atoms. The van der Waals surface area contributed by atoms with Crippen molar-refractivity contribution in [1.82, 2.24) is 0 Å². The van der Waals surface area contributed by atoms with Gasteiger partial charge in [0.05, 0.1) is 0 Å². The summed E-state index contributed by atoms with van der Waals surface area (Å²) < 4.78 is 0. The molecule has 0 fully saturated rings. The first kappa shape index (κ1) is 48.3. The predicted octanol–water partition coefficient (Wildman–Crippen LogP) is 3.03. The minimum absolute atomic E-state index is 0. The highest BCUT2D eigenvalue weighted by atomic mass is 32.2. The molecule has 14 N–H and O–H groups in total. The van der Waals surface area contributed by atoms with Gasteiger partial charge in [0.15, 0.2) is 12.2 Å². The van der Waals surface area contributed by atoms with Crippen LogP contribution in [0.25, 0.3) is 0 Å². The van der Waals surface area contributed by atoms with Gasteiger partial charge in [-0.15, -0.1) is 0 Å². The lowest BCUT2D eigenvalue weighted by Crippen LogP contribution is -2.51. The molecule has 53 heavy (non-hydrogen) atoms. The van der Waals surface area contributed by atoms with E-state index in [4.69, 9.17) is 43.4 Å². The van der Waals surface area contributed by atoms with Gasteiger partial charge in [-0.2, -0.15) is 23.5 Å². The quantitative estimate of drug-likeness (QED) is 0.0919. The Kier molecular flexibility index (Phi) is 23.0. The van der Waals surface area contributed by atoms with Crippen LogP contribution in [0.4, 0.5) is 0 Å². The standard InChI is InChI=1S/2C11H16N2OS.2C8H8O3.H2O/c2*1-11(13,10(12)14)8-15-7-9-5-3-2-4-6-9;2*9-7(8(10)11)6-4-2-1-3-5-6;/h2*2-6H,7-8,13H2,1H3,(H2,12,14);2*1-5,7,9H,(H,10,11);1H2/t2*11-;2*7-;/m1111./s1. The van der Waals surface area contributed by atoms with Crippen LogP contribution in [0, 0.1) is 0 Å². The fourth-order valence-corrected chi connectivity index (χ4v) is 5.80. The van der Waals surface area contributed by atoms with Crippen LogP contribution < -0.4 is 22.9 Å². The molecule has 2 amide bonds. The van der Waals surface area contributed by atoms with Gasteiger partial charge in [0, 0.05) is 23.0 Å². The van der Waals surface area contributed by atoms with Gasteiger partial charge < -0.3 is 48.8 Å². The first-order valence-corrected chi connectivity index (χ1v) is 18.1. The summed E-state index contributed by atoms with van der Waals surface area (Å²) in [6, 6.07) is 36.6. The Morgan fingerprint density at radius 2 is 0.792 bits per heavy atom. The first-order chi connectivity index (χ1) is 24.5. The van der Waals surface area contributed by atoms with Crippen LogP contribution in [-0.4, -0.2) is 72.2 Å². The number of aliphatic carboxylic acids is 2. The van der Waals surface area contributed by atoms with Gasteiger partial charge >= 0.3 is 11.9 Å². The average Bonchev–Trinajstić information content (AvgIpc) is 3.13. The number of primary amides is 2. The largest absolute Gasteiger partial charge is 0.479 e. The third-order valence-electron chi connectivity index (χ3n) is 6.85. The van der Waals surface area contributed by atoms with Crippen molar-refractivity contribution in [3.63, 3.8) is 0 Å². The molecule has 13 nitrogen and oxygen atoms in total. The third kappa shape index (κ3) is 20.2. The monoisotopic (exact) mass is 770 g/mol. The molecule has 288 valence electrons. The average molecular weight is 771 g/mol. The SMILES string of the molecule is C[C@@](N)(CSCc1ccccc1)C(N)=O.C[C@@](N)(CSCc1ccccc1)C(N)=O.O.O=C(O)[C@H](O)c1ccccc1.O=C(O)[C@H](O)c1ccccc1. The molecular formula is C38H50N4O9S2. The van der Waals surface area contributed by atoms with Crippen molar-refractivity contribution in [3.8, 4) is 0 Å². The minimum Gasteiger partial charge on any atom is -0.479 e. The number of carboxylic acids is 2. The lowest BCUT2D eigenvalue weighted by atomic mass is 10.1. The Morgan fingerprint density at radius 1 is 0.547 bits per heavy atom. The number of benzene rings is 4. The summed E-state index contributed by atoms with van der Waals surface area (Å²) in [5.41, 5.74) is 23.2. The number of carbonyl (C=O) groups is 4. The summed E-state index contributed by atoms with van der Waals surface area (Å²) in [7, 11) is 0. The zero-order chi connectivity index (χ0) is 39.2. The van der Waals surface area contributed by atoms with Crippen LogP contribution in [-0.2, 0) is 30.7 Å². The highest BCUT2D eigenvalue weighted by Crippen LogP contribution is 2.17. The second-order valence-electron chi connectivity index (χ2n) is 11.8. The fraction of sp³-hybridized carbons (Fsp3) is 0.263. The van der Waals surface area contributed by atoms with E-state index in [0.29, 0.717) is 22.6 Å². The van der Waals surface area contributed by atoms with E-state index >= 15 is 0 Å². The van der Waals surface area contributed by atoms with Crippen LogP contribution in [0.1, 0.15) is 48.3 Å². The molecule has 0 saturated carbocycles. The lowest BCUT2D eigenvalue weighted by molar-refractivity contribution is -0.147. The zero-order valence-corrected chi connectivity index (χ0v) is 31.2. The summed E-state index contributed by atoms with van der Waals surface area (Å²) in [6.07, 6.45) is -2.81. The molecule has 0 saturated heterocycles. The van der Waals surface area contributed by atoms with Gasteiger partial charge in [-0.1, -0.05) is 121 Å². The number of thioether (sulfide) groups is 2. The molecule has 4 aromatic carbocycles. The van der Waals surface area contributed by atoms with Crippen molar-refractivity contribution in [1.29, 1.82) is 0 Å². The number of hydrogen-bond acceptors (Lipinski definition) is 10. The molecule has 0 aromatic heterocycles. The minimum atomic E-state index is -1.41. The summed E-state index contributed by atoms with van der Waals surface area (Å²) in [6.45, 7) is 3.32. The van der Waals surface area contributed by atoms with Gasteiger partial charge in [-0.3, -0.25) is 9.59 Å². The maximum Gasteiger partial charge on any atom is 0.337 e. The van der Waals surface area contributed by atoms with Crippen LogP contribution in [0.2, 0.25) is 0 Å². The Balaban J connectivity index is 0.000000683. The number of aliphatic hydroxyl groups excluding tert-OH is 2. The van der Waals surface area contributed by atoms with Gasteiger partial charge in [-0.05, 0) is 36.1 Å². The van der Waals surface area contributed by atoms with Gasteiger partial charge in [0.25, 0.3) is 0 Å². The van der Waals surface area contributed by atoms with Gasteiger partial charge in [0.1, 0.15) is 11.1 Å². The highest BCUT2D eigenvalue weighted by molar-refractivity contribution is 7.98. The van der Waals surface area contributed by atoms with E-state index in [0.717, 1.165) is 11.5 Å².